The lowest BCUT2D eigenvalue weighted by atomic mass is 9.94. The quantitative estimate of drug-likeness (QED) is 0.782. The van der Waals surface area contributed by atoms with Gasteiger partial charge in [0.1, 0.15) is 12.2 Å². The Kier molecular flexibility index (Phi) is 7.05. The molecule has 170 valence electrons. The molecule has 1 aromatic heterocycles. The van der Waals surface area contributed by atoms with Crippen LogP contribution in [0.5, 0.6) is 0 Å². The molecule has 0 bridgehead atoms. The summed E-state index contributed by atoms with van der Waals surface area (Å²) >= 11 is 0. The molecule has 0 unspecified atom stereocenters. The van der Waals surface area contributed by atoms with Crippen molar-refractivity contribution in [1.29, 1.82) is 0 Å². The van der Waals surface area contributed by atoms with Crippen LogP contribution >= 0.6 is 0 Å². The minimum Gasteiger partial charge on any atom is -0.339 e. The maximum Gasteiger partial charge on any atom is 0.274 e. The van der Waals surface area contributed by atoms with Crippen LogP contribution in [0.2, 0.25) is 0 Å². The molecule has 2 fully saturated rings. The largest absolute Gasteiger partial charge is 0.339 e. The zero-order valence-corrected chi connectivity index (χ0v) is 18.8. The van der Waals surface area contributed by atoms with Crippen molar-refractivity contribution in [2.75, 3.05) is 31.5 Å². The van der Waals surface area contributed by atoms with Crippen LogP contribution in [0, 0.1) is 6.92 Å². The number of piperazine rings is 1. The lowest BCUT2D eigenvalue weighted by Gasteiger charge is -2.40. The monoisotopic (exact) mass is 436 g/mol. The molecule has 1 N–H and O–H groups in total. The van der Waals surface area contributed by atoms with Crippen molar-refractivity contribution in [1.82, 2.24) is 14.4 Å². The van der Waals surface area contributed by atoms with E-state index in [9.17, 15) is 14.4 Å². The first-order chi connectivity index (χ1) is 15.5. The number of amides is 2. The lowest BCUT2D eigenvalue weighted by Crippen LogP contribution is -2.53. The van der Waals surface area contributed by atoms with Gasteiger partial charge in [0.2, 0.25) is 5.91 Å². The van der Waals surface area contributed by atoms with E-state index in [-0.39, 0.29) is 29.6 Å². The normalized spacial score (nSPS) is 17.8. The maximum absolute atomic E-state index is 13.0. The summed E-state index contributed by atoms with van der Waals surface area (Å²) in [6, 6.07) is 12.8. The average Bonchev–Trinajstić information content (AvgIpc) is 2.84. The van der Waals surface area contributed by atoms with Crippen LogP contribution in [-0.4, -0.2) is 58.4 Å². The molecule has 1 saturated heterocycles. The van der Waals surface area contributed by atoms with Gasteiger partial charge in [-0.15, -0.1) is 0 Å². The first-order valence-corrected chi connectivity index (χ1v) is 11.6. The number of nitrogens with zero attached hydrogens (tertiary/aromatic N) is 3. The molecule has 2 aliphatic rings. The highest BCUT2D eigenvalue weighted by atomic mass is 16.2. The van der Waals surface area contributed by atoms with E-state index in [1.54, 1.807) is 43.3 Å². The second-order valence-corrected chi connectivity index (χ2v) is 8.81. The molecule has 1 aromatic carbocycles. The van der Waals surface area contributed by atoms with Gasteiger partial charge in [-0.3, -0.25) is 19.3 Å². The highest BCUT2D eigenvalue weighted by Crippen LogP contribution is 2.23. The number of nitrogens with one attached hydrogen (secondary N) is 1. The second-order valence-electron chi connectivity index (χ2n) is 8.81. The van der Waals surface area contributed by atoms with Gasteiger partial charge in [-0.1, -0.05) is 37.5 Å². The lowest BCUT2D eigenvalue weighted by molar-refractivity contribution is -0.134. The summed E-state index contributed by atoms with van der Waals surface area (Å²) in [5.74, 6) is -0.395. The van der Waals surface area contributed by atoms with Gasteiger partial charge < -0.3 is 14.8 Å². The van der Waals surface area contributed by atoms with Crippen molar-refractivity contribution in [3.05, 3.63) is 64.1 Å². The van der Waals surface area contributed by atoms with E-state index in [0.717, 1.165) is 13.1 Å². The molecule has 0 spiro atoms. The summed E-state index contributed by atoms with van der Waals surface area (Å²) in [5.41, 5.74) is 0.996. The minimum absolute atomic E-state index is 0.0108. The zero-order chi connectivity index (χ0) is 22.5. The van der Waals surface area contributed by atoms with Gasteiger partial charge in [-0.25, -0.2) is 0 Å². The van der Waals surface area contributed by atoms with Gasteiger partial charge in [-0.05, 0) is 44.0 Å². The topological polar surface area (TPSA) is 74.6 Å². The smallest absolute Gasteiger partial charge is 0.274 e. The van der Waals surface area contributed by atoms with E-state index in [1.807, 2.05) is 11.0 Å². The summed E-state index contributed by atoms with van der Waals surface area (Å²) < 4.78 is 1.45. The molecular weight excluding hydrogens is 404 g/mol. The van der Waals surface area contributed by atoms with Crippen LogP contribution in [0.25, 0.3) is 0 Å². The summed E-state index contributed by atoms with van der Waals surface area (Å²) in [7, 11) is 0. The van der Waals surface area contributed by atoms with Gasteiger partial charge in [0.05, 0.1) is 0 Å². The number of aryl methyl sites for hydroxylation is 1. The van der Waals surface area contributed by atoms with E-state index in [0.29, 0.717) is 30.4 Å². The molecular formula is C25H32N4O3. The molecule has 2 heterocycles. The first-order valence-electron chi connectivity index (χ1n) is 11.6. The van der Waals surface area contributed by atoms with Crippen molar-refractivity contribution in [2.24, 2.45) is 0 Å². The highest BCUT2D eigenvalue weighted by Gasteiger charge is 2.27. The van der Waals surface area contributed by atoms with Gasteiger partial charge in [0.25, 0.3) is 11.5 Å². The number of carbonyl (C=O) groups is 2. The van der Waals surface area contributed by atoms with Gasteiger partial charge >= 0.3 is 0 Å². The zero-order valence-electron chi connectivity index (χ0n) is 18.8. The van der Waals surface area contributed by atoms with E-state index in [1.165, 1.54) is 36.7 Å². The molecule has 32 heavy (non-hydrogen) atoms. The number of aromatic nitrogens is 1. The van der Waals surface area contributed by atoms with E-state index in [4.69, 9.17) is 0 Å². The fourth-order valence-electron chi connectivity index (χ4n) is 4.76. The highest BCUT2D eigenvalue weighted by molar-refractivity contribution is 6.04. The Labute approximate surface area is 189 Å². The molecule has 7 nitrogen and oxygen atoms in total. The molecule has 1 aliphatic carbocycles. The van der Waals surface area contributed by atoms with Crippen molar-refractivity contribution in [3.8, 4) is 0 Å². The molecule has 2 amide bonds. The molecule has 0 radical (unpaired) electrons. The maximum atomic E-state index is 13.0. The molecule has 1 saturated carbocycles. The SMILES string of the molecule is Cc1ccc(NC(=O)c2ccccc2)c(=O)n1CC(=O)N1CCN(C2CCCCC2)CC1. The number of benzene rings is 1. The number of hydrogen-bond acceptors (Lipinski definition) is 4. The fourth-order valence-corrected chi connectivity index (χ4v) is 4.76. The number of carbonyl (C=O) groups excluding carboxylic acids is 2. The first kappa shape index (κ1) is 22.3. The minimum atomic E-state index is -0.358. The van der Waals surface area contributed by atoms with Crippen LogP contribution in [-0.2, 0) is 11.3 Å². The summed E-state index contributed by atoms with van der Waals surface area (Å²) in [6.07, 6.45) is 6.49. The van der Waals surface area contributed by atoms with E-state index >= 15 is 0 Å². The predicted molar refractivity (Wildman–Crippen MR) is 125 cm³/mol. The Morgan fingerprint density at radius 2 is 1.62 bits per heavy atom. The standard InChI is InChI=1S/C25H32N4O3/c1-19-12-13-22(26-24(31)20-8-4-2-5-9-20)25(32)29(19)18-23(30)28-16-14-27(15-17-28)21-10-6-3-7-11-21/h2,4-5,8-9,12-13,21H,3,6-7,10-11,14-18H2,1H3,(H,26,31). The van der Waals surface area contributed by atoms with Gasteiger partial charge in [0, 0.05) is 43.5 Å². The van der Waals surface area contributed by atoms with Crippen molar-refractivity contribution in [2.45, 2.75) is 51.6 Å². The van der Waals surface area contributed by atoms with Gasteiger partial charge in [0.15, 0.2) is 0 Å². The molecule has 4 rings (SSSR count). The van der Waals surface area contributed by atoms with Crippen molar-refractivity contribution in [3.63, 3.8) is 0 Å². The molecule has 2 aromatic rings. The average molecular weight is 437 g/mol. The van der Waals surface area contributed by atoms with Gasteiger partial charge in [-0.2, -0.15) is 0 Å². The fraction of sp³-hybridized carbons (Fsp3) is 0.480. The number of rotatable bonds is 5. The van der Waals surface area contributed by atoms with E-state index in [2.05, 4.69) is 10.2 Å². The summed E-state index contributed by atoms with van der Waals surface area (Å²) in [6.45, 7) is 5.00. The number of pyridine rings is 1. The summed E-state index contributed by atoms with van der Waals surface area (Å²) in [5, 5.41) is 2.69. The Balaban J connectivity index is 1.39. The van der Waals surface area contributed by atoms with Crippen LogP contribution in [0.1, 0.15) is 48.2 Å². The third kappa shape index (κ3) is 5.10. The van der Waals surface area contributed by atoms with Crippen LogP contribution in [0.3, 0.4) is 0 Å². The third-order valence-electron chi connectivity index (χ3n) is 6.73. The number of hydrogen-bond donors (Lipinski definition) is 1. The Morgan fingerprint density at radius 3 is 2.31 bits per heavy atom. The Morgan fingerprint density at radius 1 is 0.938 bits per heavy atom. The van der Waals surface area contributed by atoms with Crippen LogP contribution in [0.15, 0.2) is 47.3 Å². The summed E-state index contributed by atoms with van der Waals surface area (Å²) in [4.78, 5) is 42.8. The Bertz CT molecular complexity index is 1000. The van der Waals surface area contributed by atoms with Crippen LogP contribution < -0.4 is 10.9 Å². The second kappa shape index (κ2) is 10.1. The Hall–Kier alpha value is -2.93. The molecule has 0 atom stereocenters. The van der Waals surface area contributed by atoms with Crippen molar-refractivity contribution < 1.29 is 9.59 Å². The third-order valence-corrected chi connectivity index (χ3v) is 6.73. The van der Waals surface area contributed by atoms with Crippen molar-refractivity contribution >= 4 is 17.5 Å². The number of anilines is 1. The van der Waals surface area contributed by atoms with Crippen LogP contribution in [0.4, 0.5) is 5.69 Å². The van der Waals surface area contributed by atoms with E-state index < -0.39 is 0 Å². The predicted octanol–water partition coefficient (Wildman–Crippen LogP) is 2.89. The molecule has 7 heteroatoms. The molecule has 1 aliphatic heterocycles.